The van der Waals surface area contributed by atoms with Crippen molar-refractivity contribution in [3.8, 4) is 5.75 Å². The maximum Gasteiger partial charge on any atom is 0.255 e. The Morgan fingerprint density at radius 2 is 1.77 bits per heavy atom. The lowest BCUT2D eigenvalue weighted by Crippen LogP contribution is -2.21. The summed E-state index contributed by atoms with van der Waals surface area (Å²) in [6.07, 6.45) is 0. The lowest BCUT2D eigenvalue weighted by Gasteiger charge is -2.21. The Morgan fingerprint density at radius 1 is 1.08 bits per heavy atom. The minimum Gasteiger partial charge on any atom is -0.490 e. The highest BCUT2D eigenvalue weighted by atomic mass is 79.9. The zero-order chi connectivity index (χ0) is 18.9. The number of halogens is 1. The number of anilines is 2. The fourth-order valence-electron chi connectivity index (χ4n) is 2.54. The van der Waals surface area contributed by atoms with E-state index < -0.39 is 0 Å². The van der Waals surface area contributed by atoms with Gasteiger partial charge in [-0.25, -0.2) is 0 Å². The molecule has 0 radical (unpaired) electrons. The van der Waals surface area contributed by atoms with Crippen molar-refractivity contribution in [3.63, 3.8) is 0 Å². The van der Waals surface area contributed by atoms with E-state index >= 15 is 0 Å². The van der Waals surface area contributed by atoms with Gasteiger partial charge in [0.2, 0.25) is 0 Å². The number of methoxy groups -OCH3 is 1. The lowest BCUT2D eigenvalue weighted by atomic mass is 10.2. The number of rotatable bonds is 9. The SMILES string of the molecule is CCN(CC)c1ccc(NC(=O)c2ccc(OCCOC)c(Br)c2)cc1. The zero-order valence-corrected chi connectivity index (χ0v) is 17.0. The molecule has 0 saturated carbocycles. The summed E-state index contributed by atoms with van der Waals surface area (Å²) in [5.74, 6) is 0.520. The van der Waals surface area contributed by atoms with Crippen LogP contribution >= 0.6 is 15.9 Å². The molecule has 1 N–H and O–H groups in total. The number of ether oxygens (including phenoxy) is 2. The summed E-state index contributed by atoms with van der Waals surface area (Å²) in [4.78, 5) is 14.7. The summed E-state index contributed by atoms with van der Waals surface area (Å²) in [6, 6.07) is 13.1. The summed E-state index contributed by atoms with van der Waals surface area (Å²) >= 11 is 3.44. The second kappa shape index (κ2) is 10.2. The van der Waals surface area contributed by atoms with Crippen molar-refractivity contribution in [2.24, 2.45) is 0 Å². The third-order valence-electron chi connectivity index (χ3n) is 3.99. The standard InChI is InChI=1S/C20H25BrN2O3/c1-4-23(5-2)17-9-7-16(8-10-17)22-20(24)15-6-11-19(18(21)14-15)26-13-12-25-3/h6-11,14H,4-5,12-13H2,1-3H3,(H,22,24). The summed E-state index contributed by atoms with van der Waals surface area (Å²) in [5.41, 5.74) is 2.47. The fourth-order valence-corrected chi connectivity index (χ4v) is 3.03. The number of hydrogen-bond acceptors (Lipinski definition) is 4. The van der Waals surface area contributed by atoms with E-state index in [-0.39, 0.29) is 5.91 Å². The van der Waals surface area contributed by atoms with Gasteiger partial charge in [0.15, 0.2) is 0 Å². The van der Waals surface area contributed by atoms with Crippen molar-refractivity contribution in [1.82, 2.24) is 0 Å². The van der Waals surface area contributed by atoms with Gasteiger partial charge in [-0.3, -0.25) is 4.79 Å². The first-order chi connectivity index (χ1) is 12.6. The van der Waals surface area contributed by atoms with Gasteiger partial charge in [-0.05, 0) is 72.2 Å². The van der Waals surface area contributed by atoms with E-state index in [1.807, 2.05) is 24.3 Å². The van der Waals surface area contributed by atoms with Crippen LogP contribution in [0.15, 0.2) is 46.9 Å². The highest BCUT2D eigenvalue weighted by molar-refractivity contribution is 9.10. The molecular weight excluding hydrogens is 396 g/mol. The van der Waals surface area contributed by atoms with Crippen molar-refractivity contribution in [1.29, 1.82) is 0 Å². The highest BCUT2D eigenvalue weighted by Crippen LogP contribution is 2.26. The summed E-state index contributed by atoms with van der Waals surface area (Å²) in [6.45, 7) is 7.13. The van der Waals surface area contributed by atoms with Crippen LogP contribution < -0.4 is 15.0 Å². The van der Waals surface area contributed by atoms with Crippen molar-refractivity contribution >= 4 is 33.2 Å². The van der Waals surface area contributed by atoms with Crippen LogP contribution in [0.25, 0.3) is 0 Å². The number of nitrogens with one attached hydrogen (secondary N) is 1. The molecule has 6 heteroatoms. The average Bonchev–Trinajstić information content (AvgIpc) is 2.65. The molecular formula is C20H25BrN2O3. The van der Waals surface area contributed by atoms with Crippen LogP contribution in [0.4, 0.5) is 11.4 Å². The van der Waals surface area contributed by atoms with Gasteiger partial charge in [-0.1, -0.05) is 0 Å². The van der Waals surface area contributed by atoms with Gasteiger partial charge in [0.1, 0.15) is 12.4 Å². The van der Waals surface area contributed by atoms with Gasteiger partial charge >= 0.3 is 0 Å². The molecule has 5 nitrogen and oxygen atoms in total. The molecule has 2 rings (SSSR count). The molecule has 0 fully saturated rings. The number of hydrogen-bond donors (Lipinski definition) is 1. The summed E-state index contributed by atoms with van der Waals surface area (Å²) in [5, 5.41) is 2.92. The van der Waals surface area contributed by atoms with Gasteiger partial charge < -0.3 is 19.7 Å². The Balaban J connectivity index is 2.02. The molecule has 0 aliphatic carbocycles. The Hall–Kier alpha value is -2.05. The Kier molecular flexibility index (Phi) is 7.94. The van der Waals surface area contributed by atoms with Crippen molar-refractivity contribution < 1.29 is 14.3 Å². The molecule has 0 unspecified atom stereocenters. The predicted molar refractivity (Wildman–Crippen MR) is 109 cm³/mol. The lowest BCUT2D eigenvalue weighted by molar-refractivity contribution is 0.102. The number of amides is 1. The van der Waals surface area contributed by atoms with E-state index in [1.165, 1.54) is 0 Å². The first-order valence-electron chi connectivity index (χ1n) is 8.66. The number of nitrogens with zero attached hydrogens (tertiary/aromatic N) is 1. The number of carbonyl (C=O) groups excluding carboxylic acids is 1. The normalized spacial score (nSPS) is 10.5. The Bertz CT molecular complexity index is 715. The van der Waals surface area contributed by atoms with Crippen LogP contribution in [0.2, 0.25) is 0 Å². The van der Waals surface area contributed by atoms with E-state index in [9.17, 15) is 4.79 Å². The quantitative estimate of drug-likeness (QED) is 0.603. The molecule has 0 bridgehead atoms. The number of benzene rings is 2. The van der Waals surface area contributed by atoms with E-state index in [0.717, 1.165) is 28.9 Å². The third kappa shape index (κ3) is 5.47. The van der Waals surface area contributed by atoms with E-state index in [2.05, 4.69) is 40.0 Å². The maximum absolute atomic E-state index is 12.5. The van der Waals surface area contributed by atoms with Crippen molar-refractivity contribution in [3.05, 3.63) is 52.5 Å². The van der Waals surface area contributed by atoms with Crippen LogP contribution in [0.3, 0.4) is 0 Å². The van der Waals surface area contributed by atoms with Crippen LogP contribution in [0.5, 0.6) is 5.75 Å². The molecule has 0 spiro atoms. The third-order valence-corrected chi connectivity index (χ3v) is 4.61. The molecule has 140 valence electrons. The molecule has 0 aromatic heterocycles. The molecule has 0 atom stereocenters. The van der Waals surface area contributed by atoms with Gasteiger partial charge in [-0.15, -0.1) is 0 Å². The largest absolute Gasteiger partial charge is 0.490 e. The average molecular weight is 421 g/mol. The highest BCUT2D eigenvalue weighted by Gasteiger charge is 2.10. The van der Waals surface area contributed by atoms with E-state index in [1.54, 1.807) is 25.3 Å². The predicted octanol–water partition coefficient (Wildman–Crippen LogP) is 4.57. The molecule has 2 aromatic rings. The zero-order valence-electron chi connectivity index (χ0n) is 15.4. The minimum atomic E-state index is -0.162. The molecule has 0 heterocycles. The first-order valence-corrected chi connectivity index (χ1v) is 9.46. The summed E-state index contributed by atoms with van der Waals surface area (Å²) < 4.78 is 11.3. The first kappa shape index (κ1) is 20.3. The molecule has 26 heavy (non-hydrogen) atoms. The molecule has 2 aromatic carbocycles. The topological polar surface area (TPSA) is 50.8 Å². The van der Waals surface area contributed by atoms with Crippen LogP contribution in [-0.4, -0.2) is 39.3 Å². The van der Waals surface area contributed by atoms with Gasteiger partial charge in [-0.2, -0.15) is 0 Å². The van der Waals surface area contributed by atoms with Crippen LogP contribution in [0, 0.1) is 0 Å². The Morgan fingerprint density at radius 3 is 2.35 bits per heavy atom. The molecule has 0 aliphatic heterocycles. The second-order valence-corrected chi connectivity index (χ2v) is 6.51. The monoisotopic (exact) mass is 420 g/mol. The Labute approximate surface area is 163 Å². The van der Waals surface area contributed by atoms with Crippen LogP contribution in [0.1, 0.15) is 24.2 Å². The van der Waals surface area contributed by atoms with Gasteiger partial charge in [0.05, 0.1) is 11.1 Å². The van der Waals surface area contributed by atoms with Crippen LogP contribution in [-0.2, 0) is 4.74 Å². The molecule has 1 amide bonds. The van der Waals surface area contributed by atoms with E-state index in [4.69, 9.17) is 9.47 Å². The smallest absolute Gasteiger partial charge is 0.255 e. The summed E-state index contributed by atoms with van der Waals surface area (Å²) in [7, 11) is 1.63. The maximum atomic E-state index is 12.5. The van der Waals surface area contributed by atoms with Crippen molar-refractivity contribution in [2.75, 3.05) is 43.6 Å². The van der Waals surface area contributed by atoms with Gasteiger partial charge in [0.25, 0.3) is 5.91 Å². The minimum absolute atomic E-state index is 0.162. The van der Waals surface area contributed by atoms with E-state index in [0.29, 0.717) is 24.5 Å². The number of carbonyl (C=O) groups is 1. The molecule has 0 aliphatic rings. The fraction of sp³-hybridized carbons (Fsp3) is 0.350. The van der Waals surface area contributed by atoms with Crippen molar-refractivity contribution in [2.45, 2.75) is 13.8 Å². The second-order valence-electron chi connectivity index (χ2n) is 5.66. The van der Waals surface area contributed by atoms with Gasteiger partial charge in [0, 0.05) is 37.1 Å². The molecule has 0 saturated heterocycles.